The van der Waals surface area contributed by atoms with Gasteiger partial charge in [-0.1, -0.05) is 11.6 Å². The van der Waals surface area contributed by atoms with Gasteiger partial charge in [0.2, 0.25) is 0 Å². The molecule has 0 amide bonds. The van der Waals surface area contributed by atoms with Gasteiger partial charge in [-0.15, -0.1) is 0 Å². The zero-order chi connectivity index (χ0) is 13.0. The standard InChI is InChI=1S/C14H21ClN2O/c1-11-9-17(10-12(2)16-11)7-8-18-14-5-3-13(15)4-6-14/h3-6,11-12,16H,7-10H2,1-2H3. The predicted octanol–water partition coefficient (Wildman–Crippen LogP) is 2.40. The molecule has 0 bridgehead atoms. The quantitative estimate of drug-likeness (QED) is 0.908. The molecule has 100 valence electrons. The van der Waals surface area contributed by atoms with E-state index in [-0.39, 0.29) is 0 Å². The van der Waals surface area contributed by atoms with Crippen molar-refractivity contribution in [2.45, 2.75) is 25.9 Å². The molecule has 3 nitrogen and oxygen atoms in total. The first-order valence-corrected chi connectivity index (χ1v) is 6.88. The van der Waals surface area contributed by atoms with E-state index in [9.17, 15) is 0 Å². The largest absolute Gasteiger partial charge is 0.492 e. The van der Waals surface area contributed by atoms with Gasteiger partial charge in [-0.25, -0.2) is 0 Å². The molecule has 0 radical (unpaired) electrons. The highest BCUT2D eigenvalue weighted by Gasteiger charge is 2.20. The maximum Gasteiger partial charge on any atom is 0.119 e. The van der Waals surface area contributed by atoms with Gasteiger partial charge >= 0.3 is 0 Å². The Morgan fingerprint density at radius 3 is 2.44 bits per heavy atom. The highest BCUT2D eigenvalue weighted by atomic mass is 35.5. The number of ether oxygens (including phenoxy) is 1. The second kappa shape index (κ2) is 6.41. The summed E-state index contributed by atoms with van der Waals surface area (Å²) >= 11 is 5.83. The number of hydrogen-bond donors (Lipinski definition) is 1. The summed E-state index contributed by atoms with van der Waals surface area (Å²) in [4.78, 5) is 2.45. The van der Waals surface area contributed by atoms with Crippen LogP contribution in [0.1, 0.15) is 13.8 Å². The average molecular weight is 269 g/mol. The minimum absolute atomic E-state index is 0.560. The third-order valence-corrected chi connectivity index (χ3v) is 3.38. The smallest absolute Gasteiger partial charge is 0.119 e. The molecule has 0 saturated carbocycles. The van der Waals surface area contributed by atoms with Crippen LogP contribution in [-0.4, -0.2) is 43.2 Å². The van der Waals surface area contributed by atoms with Gasteiger partial charge < -0.3 is 10.1 Å². The van der Waals surface area contributed by atoms with E-state index in [4.69, 9.17) is 16.3 Å². The topological polar surface area (TPSA) is 24.5 Å². The second-order valence-corrected chi connectivity index (χ2v) is 5.47. The molecule has 1 aliphatic rings. The summed E-state index contributed by atoms with van der Waals surface area (Å²) in [6.07, 6.45) is 0. The van der Waals surface area contributed by atoms with Gasteiger partial charge in [0, 0.05) is 36.7 Å². The molecule has 1 fully saturated rings. The number of rotatable bonds is 4. The molecule has 2 unspecified atom stereocenters. The highest BCUT2D eigenvalue weighted by molar-refractivity contribution is 6.30. The van der Waals surface area contributed by atoms with Crippen LogP contribution in [-0.2, 0) is 0 Å². The fraction of sp³-hybridized carbons (Fsp3) is 0.571. The lowest BCUT2D eigenvalue weighted by Crippen LogP contribution is -2.54. The Bertz CT molecular complexity index is 359. The number of hydrogen-bond acceptors (Lipinski definition) is 3. The van der Waals surface area contributed by atoms with Gasteiger partial charge in [-0.05, 0) is 38.1 Å². The van der Waals surface area contributed by atoms with Crippen LogP contribution in [0.15, 0.2) is 24.3 Å². The van der Waals surface area contributed by atoms with Crippen LogP contribution in [0.2, 0.25) is 5.02 Å². The molecule has 1 heterocycles. The second-order valence-electron chi connectivity index (χ2n) is 5.03. The van der Waals surface area contributed by atoms with Gasteiger partial charge in [0.1, 0.15) is 12.4 Å². The maximum absolute atomic E-state index is 5.83. The normalized spacial score (nSPS) is 25.1. The molecule has 2 rings (SSSR count). The molecule has 0 aromatic heterocycles. The molecule has 1 aromatic carbocycles. The first-order chi connectivity index (χ1) is 8.63. The number of piperazine rings is 1. The van der Waals surface area contributed by atoms with Crippen molar-refractivity contribution in [1.29, 1.82) is 0 Å². The summed E-state index contributed by atoms with van der Waals surface area (Å²) in [5, 5.41) is 4.27. The van der Waals surface area contributed by atoms with Gasteiger partial charge in [-0.2, -0.15) is 0 Å². The van der Waals surface area contributed by atoms with E-state index in [2.05, 4.69) is 24.1 Å². The molecule has 0 aliphatic carbocycles. The fourth-order valence-electron chi connectivity index (χ4n) is 2.45. The minimum Gasteiger partial charge on any atom is -0.492 e. The summed E-state index contributed by atoms with van der Waals surface area (Å²) in [7, 11) is 0. The molecule has 1 aliphatic heterocycles. The number of benzene rings is 1. The molecule has 0 spiro atoms. The van der Waals surface area contributed by atoms with E-state index >= 15 is 0 Å². The Morgan fingerprint density at radius 2 is 1.83 bits per heavy atom. The summed E-state index contributed by atoms with van der Waals surface area (Å²) in [5.74, 6) is 0.885. The van der Waals surface area contributed by atoms with Crippen LogP contribution >= 0.6 is 11.6 Å². The highest BCUT2D eigenvalue weighted by Crippen LogP contribution is 2.15. The van der Waals surface area contributed by atoms with E-state index < -0.39 is 0 Å². The Kier molecular flexibility index (Phi) is 4.87. The molecule has 1 saturated heterocycles. The van der Waals surface area contributed by atoms with E-state index in [1.54, 1.807) is 0 Å². The summed E-state index contributed by atoms with van der Waals surface area (Å²) in [6.45, 7) is 8.33. The third-order valence-electron chi connectivity index (χ3n) is 3.12. The Balaban J connectivity index is 1.73. The number of nitrogens with one attached hydrogen (secondary N) is 1. The van der Waals surface area contributed by atoms with Gasteiger partial charge in [0.25, 0.3) is 0 Å². The minimum atomic E-state index is 0.560. The van der Waals surface area contributed by atoms with Crippen molar-refractivity contribution in [2.24, 2.45) is 0 Å². The van der Waals surface area contributed by atoms with Crippen molar-refractivity contribution in [2.75, 3.05) is 26.2 Å². The summed E-state index contributed by atoms with van der Waals surface area (Å²) in [5.41, 5.74) is 0. The van der Waals surface area contributed by atoms with Gasteiger partial charge in [-0.3, -0.25) is 4.90 Å². The maximum atomic E-state index is 5.83. The fourth-order valence-corrected chi connectivity index (χ4v) is 2.57. The van der Waals surface area contributed by atoms with Crippen LogP contribution in [0.5, 0.6) is 5.75 Å². The van der Waals surface area contributed by atoms with Crippen LogP contribution in [0.3, 0.4) is 0 Å². The third kappa shape index (κ3) is 4.16. The summed E-state index contributed by atoms with van der Waals surface area (Å²) in [6, 6.07) is 8.64. The molecule has 2 atom stereocenters. The summed E-state index contributed by atoms with van der Waals surface area (Å²) < 4.78 is 5.71. The monoisotopic (exact) mass is 268 g/mol. The molecule has 18 heavy (non-hydrogen) atoms. The zero-order valence-electron chi connectivity index (χ0n) is 11.0. The van der Waals surface area contributed by atoms with Crippen LogP contribution < -0.4 is 10.1 Å². The number of halogens is 1. The molecule has 1 N–H and O–H groups in total. The van der Waals surface area contributed by atoms with Crippen LogP contribution in [0, 0.1) is 0 Å². The van der Waals surface area contributed by atoms with Gasteiger partial charge in [0.15, 0.2) is 0 Å². The molecular formula is C14H21ClN2O. The van der Waals surface area contributed by atoms with Gasteiger partial charge in [0.05, 0.1) is 0 Å². The molecular weight excluding hydrogens is 248 g/mol. The lowest BCUT2D eigenvalue weighted by molar-refractivity contribution is 0.146. The lowest BCUT2D eigenvalue weighted by Gasteiger charge is -2.35. The van der Waals surface area contributed by atoms with Crippen molar-refractivity contribution in [3.8, 4) is 5.75 Å². The van der Waals surface area contributed by atoms with E-state index in [0.717, 1.165) is 37.0 Å². The van der Waals surface area contributed by atoms with Crippen molar-refractivity contribution in [3.63, 3.8) is 0 Å². The van der Waals surface area contributed by atoms with E-state index in [1.807, 2.05) is 24.3 Å². The Morgan fingerprint density at radius 1 is 1.22 bits per heavy atom. The Labute approximate surface area is 114 Å². The molecule has 1 aromatic rings. The Hall–Kier alpha value is -0.770. The first-order valence-electron chi connectivity index (χ1n) is 6.50. The zero-order valence-corrected chi connectivity index (χ0v) is 11.8. The molecule has 4 heteroatoms. The van der Waals surface area contributed by atoms with E-state index in [1.165, 1.54) is 0 Å². The number of nitrogens with zero attached hydrogens (tertiary/aromatic N) is 1. The van der Waals surface area contributed by atoms with Crippen LogP contribution in [0.4, 0.5) is 0 Å². The lowest BCUT2D eigenvalue weighted by atomic mass is 10.1. The predicted molar refractivity (Wildman–Crippen MR) is 75.4 cm³/mol. The van der Waals surface area contributed by atoms with Crippen molar-refractivity contribution in [3.05, 3.63) is 29.3 Å². The van der Waals surface area contributed by atoms with E-state index in [0.29, 0.717) is 12.1 Å². The first kappa shape index (κ1) is 13.7. The van der Waals surface area contributed by atoms with Crippen LogP contribution in [0.25, 0.3) is 0 Å². The van der Waals surface area contributed by atoms with Crippen molar-refractivity contribution < 1.29 is 4.74 Å². The van der Waals surface area contributed by atoms with Crippen molar-refractivity contribution in [1.82, 2.24) is 10.2 Å². The SMILES string of the molecule is CC1CN(CCOc2ccc(Cl)cc2)CC(C)N1. The average Bonchev–Trinajstić information content (AvgIpc) is 2.30. The van der Waals surface area contributed by atoms with Crippen molar-refractivity contribution >= 4 is 11.6 Å².